The molecule has 1 aromatic heterocycles. The number of benzene rings is 1. The zero-order valence-electron chi connectivity index (χ0n) is 9.67. The highest BCUT2D eigenvalue weighted by Crippen LogP contribution is 2.29. The number of halogens is 3. The van der Waals surface area contributed by atoms with Crippen molar-refractivity contribution in [1.82, 2.24) is 9.97 Å². The largest absolute Gasteiger partial charge is 0.436 e. The normalized spacial score (nSPS) is 10.5. The maximum Gasteiger partial charge on any atom is 0.257 e. The molecule has 1 aromatic carbocycles. The van der Waals surface area contributed by atoms with Crippen LogP contribution in [0.5, 0.6) is 11.6 Å². The molecule has 0 fully saturated rings. The number of rotatable bonds is 2. The summed E-state index contributed by atoms with van der Waals surface area (Å²) in [6, 6.07) is 4.00. The molecule has 0 bridgehead atoms. The molecule has 1 heterocycles. The molecule has 0 spiro atoms. The predicted molar refractivity (Wildman–Crippen MR) is 68.0 cm³/mol. The lowest BCUT2D eigenvalue weighted by molar-refractivity contribution is 0.457. The van der Waals surface area contributed by atoms with Crippen molar-refractivity contribution >= 4 is 23.2 Å². The second-order valence-electron chi connectivity index (χ2n) is 3.67. The minimum absolute atomic E-state index is 0.0274. The maximum absolute atomic E-state index is 13.0. The molecule has 0 aliphatic heterocycles. The molecule has 0 atom stereocenters. The molecule has 0 saturated carbocycles. The lowest BCUT2D eigenvalue weighted by Gasteiger charge is -2.08. The first kappa shape index (κ1) is 13.1. The SMILES string of the molecule is Cc1nc(Cl)c(Oc2ccc(F)c(Cl)c2)nc1C. The van der Waals surface area contributed by atoms with Gasteiger partial charge in [0.1, 0.15) is 11.6 Å². The molecule has 6 heteroatoms. The average molecular weight is 287 g/mol. The molecular formula is C12H9Cl2FN2O. The quantitative estimate of drug-likeness (QED) is 0.824. The number of ether oxygens (including phenoxy) is 1. The first-order valence-electron chi connectivity index (χ1n) is 5.11. The van der Waals surface area contributed by atoms with Crippen molar-refractivity contribution in [3.63, 3.8) is 0 Å². The average Bonchev–Trinajstić information content (AvgIpc) is 2.31. The third-order valence-corrected chi connectivity index (χ3v) is 2.88. The van der Waals surface area contributed by atoms with Crippen LogP contribution in [0.1, 0.15) is 11.4 Å². The van der Waals surface area contributed by atoms with E-state index in [9.17, 15) is 4.39 Å². The number of hydrogen-bond acceptors (Lipinski definition) is 3. The van der Waals surface area contributed by atoms with Crippen LogP contribution in [0.25, 0.3) is 0 Å². The fourth-order valence-corrected chi connectivity index (χ4v) is 1.65. The smallest absolute Gasteiger partial charge is 0.257 e. The Labute approximate surface area is 114 Å². The Kier molecular flexibility index (Phi) is 3.68. The number of aromatic nitrogens is 2. The van der Waals surface area contributed by atoms with Crippen LogP contribution >= 0.6 is 23.2 Å². The molecule has 2 aromatic rings. The Balaban J connectivity index is 2.34. The van der Waals surface area contributed by atoms with E-state index in [-0.39, 0.29) is 16.1 Å². The molecule has 0 N–H and O–H groups in total. The Morgan fingerprint density at radius 1 is 1.11 bits per heavy atom. The van der Waals surface area contributed by atoms with Gasteiger partial charge in [-0.2, -0.15) is 0 Å². The van der Waals surface area contributed by atoms with E-state index < -0.39 is 5.82 Å². The Morgan fingerprint density at radius 2 is 1.78 bits per heavy atom. The second kappa shape index (κ2) is 5.08. The fourth-order valence-electron chi connectivity index (χ4n) is 1.27. The number of hydrogen-bond donors (Lipinski definition) is 0. The van der Waals surface area contributed by atoms with E-state index in [1.165, 1.54) is 18.2 Å². The van der Waals surface area contributed by atoms with Gasteiger partial charge in [0.25, 0.3) is 5.88 Å². The minimum Gasteiger partial charge on any atom is -0.436 e. The Morgan fingerprint density at radius 3 is 2.44 bits per heavy atom. The highest BCUT2D eigenvalue weighted by Gasteiger charge is 2.10. The summed E-state index contributed by atoms with van der Waals surface area (Å²) >= 11 is 11.6. The van der Waals surface area contributed by atoms with Crippen LogP contribution in [-0.2, 0) is 0 Å². The van der Waals surface area contributed by atoms with Gasteiger partial charge in [0.05, 0.1) is 16.4 Å². The van der Waals surface area contributed by atoms with Crippen LogP contribution in [0.4, 0.5) is 4.39 Å². The van der Waals surface area contributed by atoms with Gasteiger partial charge in [-0.3, -0.25) is 0 Å². The standard InChI is InChI=1S/C12H9Cl2FN2O/c1-6-7(2)17-12(11(14)16-6)18-8-3-4-10(15)9(13)5-8/h3-5H,1-2H3. The zero-order chi connectivity index (χ0) is 13.3. The topological polar surface area (TPSA) is 35.0 Å². The van der Waals surface area contributed by atoms with Crippen LogP contribution in [0.2, 0.25) is 10.2 Å². The van der Waals surface area contributed by atoms with Crippen molar-refractivity contribution in [1.29, 1.82) is 0 Å². The van der Waals surface area contributed by atoms with Crippen molar-refractivity contribution < 1.29 is 9.13 Å². The van der Waals surface area contributed by atoms with E-state index in [1.807, 2.05) is 0 Å². The third-order valence-electron chi connectivity index (χ3n) is 2.34. The molecule has 3 nitrogen and oxygen atoms in total. The molecule has 0 saturated heterocycles. The summed E-state index contributed by atoms with van der Waals surface area (Å²) in [6.07, 6.45) is 0. The maximum atomic E-state index is 13.0. The summed E-state index contributed by atoms with van der Waals surface area (Å²) < 4.78 is 18.4. The molecule has 0 radical (unpaired) electrons. The van der Waals surface area contributed by atoms with Gasteiger partial charge < -0.3 is 4.74 Å². The molecular weight excluding hydrogens is 278 g/mol. The molecule has 0 aliphatic carbocycles. The van der Waals surface area contributed by atoms with Crippen molar-refractivity contribution in [2.75, 3.05) is 0 Å². The van der Waals surface area contributed by atoms with Crippen LogP contribution in [0.3, 0.4) is 0 Å². The molecule has 94 valence electrons. The van der Waals surface area contributed by atoms with E-state index in [1.54, 1.807) is 13.8 Å². The molecule has 0 unspecified atom stereocenters. The number of aryl methyl sites for hydroxylation is 2. The van der Waals surface area contributed by atoms with Crippen molar-refractivity contribution in [3.05, 3.63) is 45.6 Å². The van der Waals surface area contributed by atoms with Crippen LogP contribution in [-0.4, -0.2) is 9.97 Å². The van der Waals surface area contributed by atoms with Gasteiger partial charge in [0.2, 0.25) is 0 Å². The summed E-state index contributed by atoms with van der Waals surface area (Å²) in [5.41, 5.74) is 1.44. The van der Waals surface area contributed by atoms with Gasteiger partial charge >= 0.3 is 0 Å². The molecule has 0 aliphatic rings. The van der Waals surface area contributed by atoms with Gasteiger partial charge in [-0.1, -0.05) is 23.2 Å². The summed E-state index contributed by atoms with van der Waals surface area (Å²) in [6.45, 7) is 3.59. The van der Waals surface area contributed by atoms with Crippen LogP contribution < -0.4 is 4.74 Å². The molecule has 18 heavy (non-hydrogen) atoms. The lowest BCUT2D eigenvalue weighted by Crippen LogP contribution is -1.97. The molecule has 2 rings (SSSR count). The van der Waals surface area contributed by atoms with Gasteiger partial charge in [0, 0.05) is 6.07 Å². The highest BCUT2D eigenvalue weighted by atomic mass is 35.5. The second-order valence-corrected chi connectivity index (χ2v) is 4.43. The Bertz CT molecular complexity index is 605. The van der Waals surface area contributed by atoms with Gasteiger partial charge in [-0.05, 0) is 26.0 Å². The lowest BCUT2D eigenvalue weighted by atomic mass is 10.3. The fraction of sp³-hybridized carbons (Fsp3) is 0.167. The molecule has 0 amide bonds. The van der Waals surface area contributed by atoms with Crippen LogP contribution in [0.15, 0.2) is 18.2 Å². The first-order valence-corrected chi connectivity index (χ1v) is 5.86. The minimum atomic E-state index is -0.513. The van der Waals surface area contributed by atoms with Crippen molar-refractivity contribution in [3.8, 4) is 11.6 Å². The van der Waals surface area contributed by atoms with E-state index in [0.717, 1.165) is 5.69 Å². The van der Waals surface area contributed by atoms with E-state index in [4.69, 9.17) is 27.9 Å². The van der Waals surface area contributed by atoms with Crippen molar-refractivity contribution in [2.24, 2.45) is 0 Å². The summed E-state index contributed by atoms with van der Waals surface area (Å²) in [5, 5.41) is 0.124. The zero-order valence-corrected chi connectivity index (χ0v) is 11.2. The summed E-state index contributed by atoms with van der Waals surface area (Å²) in [4.78, 5) is 8.25. The monoisotopic (exact) mass is 286 g/mol. The van der Waals surface area contributed by atoms with Gasteiger partial charge in [-0.25, -0.2) is 14.4 Å². The van der Waals surface area contributed by atoms with Crippen molar-refractivity contribution in [2.45, 2.75) is 13.8 Å². The predicted octanol–water partition coefficient (Wildman–Crippen LogP) is 4.33. The number of nitrogens with zero attached hydrogens (tertiary/aromatic N) is 2. The first-order chi connectivity index (χ1) is 8.47. The van der Waals surface area contributed by atoms with Gasteiger partial charge in [0.15, 0.2) is 5.15 Å². The summed E-state index contributed by atoms with van der Waals surface area (Å²) in [5.74, 6) is 0.00424. The highest BCUT2D eigenvalue weighted by molar-refractivity contribution is 6.31. The van der Waals surface area contributed by atoms with E-state index in [2.05, 4.69) is 9.97 Å². The third kappa shape index (κ3) is 2.71. The van der Waals surface area contributed by atoms with Gasteiger partial charge in [-0.15, -0.1) is 0 Å². The summed E-state index contributed by atoms with van der Waals surface area (Å²) in [7, 11) is 0. The Hall–Kier alpha value is -1.39. The van der Waals surface area contributed by atoms with E-state index >= 15 is 0 Å². The van der Waals surface area contributed by atoms with E-state index in [0.29, 0.717) is 11.4 Å². The van der Waals surface area contributed by atoms with Crippen LogP contribution in [0, 0.1) is 19.7 Å².